The van der Waals surface area contributed by atoms with Crippen molar-refractivity contribution in [3.63, 3.8) is 0 Å². The average molecular weight is 257 g/mol. The number of ether oxygens (including phenoxy) is 2. The van der Waals surface area contributed by atoms with E-state index in [1.807, 2.05) is 20.8 Å². The van der Waals surface area contributed by atoms with E-state index in [0.717, 1.165) is 12.8 Å². The average Bonchev–Trinajstić information content (AvgIpc) is 2.74. The van der Waals surface area contributed by atoms with Crippen LogP contribution in [0.15, 0.2) is 0 Å². The molecule has 2 heterocycles. The van der Waals surface area contributed by atoms with Crippen molar-refractivity contribution in [2.45, 2.75) is 50.9 Å². The molecule has 0 saturated carbocycles. The van der Waals surface area contributed by atoms with Crippen molar-refractivity contribution < 1.29 is 19.4 Å². The van der Waals surface area contributed by atoms with Gasteiger partial charge in [0.2, 0.25) is 0 Å². The number of morpholine rings is 1. The highest BCUT2D eigenvalue weighted by atomic mass is 16.5. The molecule has 2 atom stereocenters. The van der Waals surface area contributed by atoms with Gasteiger partial charge in [-0.25, -0.2) is 0 Å². The lowest BCUT2D eigenvalue weighted by atomic mass is 9.98. The van der Waals surface area contributed by atoms with Gasteiger partial charge in [0, 0.05) is 19.7 Å². The summed E-state index contributed by atoms with van der Waals surface area (Å²) in [7, 11) is 0. The summed E-state index contributed by atoms with van der Waals surface area (Å²) in [5.74, 6) is 0.0230. The summed E-state index contributed by atoms with van der Waals surface area (Å²) in [6.07, 6.45) is 1.40. The zero-order valence-electron chi connectivity index (χ0n) is 11.4. The number of hydrogen-bond donors (Lipinski definition) is 1. The van der Waals surface area contributed by atoms with E-state index in [0.29, 0.717) is 19.7 Å². The molecule has 0 bridgehead atoms. The van der Waals surface area contributed by atoms with Crippen molar-refractivity contribution in [3.8, 4) is 0 Å². The van der Waals surface area contributed by atoms with Gasteiger partial charge in [0.15, 0.2) is 0 Å². The summed E-state index contributed by atoms with van der Waals surface area (Å²) in [5.41, 5.74) is -1.11. The van der Waals surface area contributed by atoms with E-state index in [4.69, 9.17) is 9.47 Å². The van der Waals surface area contributed by atoms with E-state index in [1.165, 1.54) is 0 Å². The molecule has 18 heavy (non-hydrogen) atoms. The second-order valence-corrected chi connectivity index (χ2v) is 6.05. The Kier molecular flexibility index (Phi) is 3.67. The summed E-state index contributed by atoms with van der Waals surface area (Å²) >= 11 is 0. The summed E-state index contributed by atoms with van der Waals surface area (Å²) in [5, 5.41) is 9.26. The van der Waals surface area contributed by atoms with Crippen LogP contribution in [-0.2, 0) is 14.3 Å². The molecule has 0 radical (unpaired) electrons. The Morgan fingerprint density at radius 2 is 2.17 bits per heavy atom. The molecule has 2 aliphatic rings. The highest BCUT2D eigenvalue weighted by molar-refractivity contribution is 5.85. The fourth-order valence-corrected chi connectivity index (χ4v) is 2.83. The van der Waals surface area contributed by atoms with Crippen LogP contribution in [0.1, 0.15) is 33.6 Å². The predicted molar refractivity (Wildman–Crippen MR) is 66.2 cm³/mol. The lowest BCUT2D eigenvalue weighted by molar-refractivity contribution is -0.179. The molecule has 5 heteroatoms. The Morgan fingerprint density at radius 1 is 1.44 bits per heavy atom. The number of aliphatic hydroxyl groups excluding tert-OH is 1. The first kappa shape index (κ1) is 13.8. The first-order valence-corrected chi connectivity index (χ1v) is 6.58. The van der Waals surface area contributed by atoms with Crippen LogP contribution in [0.5, 0.6) is 0 Å². The number of carbonyl (C=O) groups is 1. The van der Waals surface area contributed by atoms with Crippen LogP contribution in [0.2, 0.25) is 0 Å². The molecule has 0 aromatic carbocycles. The Bertz CT molecular complexity index is 323. The van der Waals surface area contributed by atoms with Gasteiger partial charge < -0.3 is 19.5 Å². The number of nitrogens with zero attached hydrogens (tertiary/aromatic N) is 1. The molecular weight excluding hydrogens is 234 g/mol. The zero-order valence-corrected chi connectivity index (χ0v) is 11.4. The summed E-state index contributed by atoms with van der Waals surface area (Å²) < 4.78 is 11.3. The number of rotatable bonds is 2. The first-order chi connectivity index (χ1) is 8.36. The maximum atomic E-state index is 12.5. The predicted octanol–water partition coefficient (Wildman–Crippen LogP) is 0.554. The van der Waals surface area contributed by atoms with Crippen LogP contribution < -0.4 is 0 Å². The van der Waals surface area contributed by atoms with Crippen LogP contribution in [-0.4, -0.2) is 59.5 Å². The minimum atomic E-state index is -0.687. The molecule has 2 unspecified atom stereocenters. The van der Waals surface area contributed by atoms with E-state index >= 15 is 0 Å². The van der Waals surface area contributed by atoms with Gasteiger partial charge in [-0.05, 0) is 33.6 Å². The quantitative estimate of drug-likeness (QED) is 0.785. The Morgan fingerprint density at radius 3 is 2.72 bits per heavy atom. The molecule has 2 rings (SSSR count). The molecule has 1 N–H and O–H groups in total. The van der Waals surface area contributed by atoms with Crippen LogP contribution in [0.25, 0.3) is 0 Å². The van der Waals surface area contributed by atoms with Crippen molar-refractivity contribution in [2.24, 2.45) is 0 Å². The van der Waals surface area contributed by atoms with Crippen molar-refractivity contribution in [1.82, 2.24) is 4.90 Å². The maximum Gasteiger partial charge on any atom is 0.254 e. The molecule has 2 saturated heterocycles. The Balaban J connectivity index is 2.09. The second kappa shape index (κ2) is 4.79. The van der Waals surface area contributed by atoms with Crippen molar-refractivity contribution >= 4 is 5.91 Å². The standard InChI is InChI=1S/C13H23NO4/c1-12(2)9-14(7-10(8-15)18-12)11(16)13(3)5-4-6-17-13/h10,15H,4-9H2,1-3H3. The zero-order chi connectivity index (χ0) is 13.4. The number of hydrogen-bond acceptors (Lipinski definition) is 4. The SMILES string of the molecule is CC1(C)CN(C(=O)C2(C)CCCO2)CC(CO)O1. The van der Waals surface area contributed by atoms with Crippen molar-refractivity contribution in [2.75, 3.05) is 26.3 Å². The summed E-state index contributed by atoms with van der Waals surface area (Å²) in [4.78, 5) is 14.3. The number of carbonyl (C=O) groups excluding carboxylic acids is 1. The van der Waals surface area contributed by atoms with Crippen molar-refractivity contribution in [3.05, 3.63) is 0 Å². The smallest absolute Gasteiger partial charge is 0.254 e. The lowest BCUT2D eigenvalue weighted by Crippen LogP contribution is -2.59. The molecular formula is C13H23NO4. The molecule has 1 amide bonds. The summed E-state index contributed by atoms with van der Waals surface area (Å²) in [6.45, 7) is 7.31. The van der Waals surface area contributed by atoms with Crippen molar-refractivity contribution in [1.29, 1.82) is 0 Å². The second-order valence-electron chi connectivity index (χ2n) is 6.05. The maximum absolute atomic E-state index is 12.5. The Hall–Kier alpha value is -0.650. The van der Waals surface area contributed by atoms with Gasteiger partial charge in [0.25, 0.3) is 5.91 Å². The Labute approximate surface area is 108 Å². The van der Waals surface area contributed by atoms with Gasteiger partial charge in [0.1, 0.15) is 5.60 Å². The van der Waals surface area contributed by atoms with Gasteiger partial charge in [-0.1, -0.05) is 0 Å². The third kappa shape index (κ3) is 2.68. The van der Waals surface area contributed by atoms with E-state index in [1.54, 1.807) is 4.90 Å². The van der Waals surface area contributed by atoms with Crippen LogP contribution in [0.3, 0.4) is 0 Å². The molecule has 0 spiro atoms. The summed E-state index contributed by atoms with van der Waals surface area (Å²) in [6, 6.07) is 0. The highest BCUT2D eigenvalue weighted by Crippen LogP contribution is 2.30. The minimum Gasteiger partial charge on any atom is -0.394 e. The minimum absolute atomic E-state index is 0.0230. The van der Waals surface area contributed by atoms with E-state index in [-0.39, 0.29) is 18.6 Å². The van der Waals surface area contributed by atoms with Crippen LogP contribution in [0.4, 0.5) is 0 Å². The molecule has 104 valence electrons. The van der Waals surface area contributed by atoms with Gasteiger partial charge in [0.05, 0.1) is 18.3 Å². The number of aliphatic hydroxyl groups is 1. The molecule has 2 aliphatic heterocycles. The molecule has 0 aliphatic carbocycles. The largest absolute Gasteiger partial charge is 0.394 e. The van der Waals surface area contributed by atoms with Gasteiger partial charge >= 0.3 is 0 Å². The lowest BCUT2D eigenvalue weighted by Gasteiger charge is -2.44. The third-order valence-corrected chi connectivity index (χ3v) is 3.64. The normalized spacial score (nSPS) is 35.8. The van der Waals surface area contributed by atoms with E-state index in [9.17, 15) is 9.90 Å². The van der Waals surface area contributed by atoms with E-state index in [2.05, 4.69) is 0 Å². The van der Waals surface area contributed by atoms with Crippen LogP contribution in [0, 0.1) is 0 Å². The molecule has 2 fully saturated rings. The van der Waals surface area contributed by atoms with Crippen LogP contribution >= 0.6 is 0 Å². The molecule has 5 nitrogen and oxygen atoms in total. The van der Waals surface area contributed by atoms with E-state index < -0.39 is 11.2 Å². The number of amides is 1. The van der Waals surface area contributed by atoms with Gasteiger partial charge in [-0.15, -0.1) is 0 Å². The van der Waals surface area contributed by atoms with Gasteiger partial charge in [-0.3, -0.25) is 4.79 Å². The monoisotopic (exact) mass is 257 g/mol. The fraction of sp³-hybridized carbons (Fsp3) is 0.923. The molecule has 0 aromatic heterocycles. The fourth-order valence-electron chi connectivity index (χ4n) is 2.83. The first-order valence-electron chi connectivity index (χ1n) is 6.58. The van der Waals surface area contributed by atoms with Gasteiger partial charge in [-0.2, -0.15) is 0 Å². The topological polar surface area (TPSA) is 59.0 Å². The molecule has 0 aromatic rings. The third-order valence-electron chi connectivity index (χ3n) is 3.64. The highest BCUT2D eigenvalue weighted by Gasteiger charge is 2.44.